The van der Waals surface area contributed by atoms with E-state index in [9.17, 15) is 9.90 Å². The van der Waals surface area contributed by atoms with E-state index >= 15 is 0 Å². The molecule has 0 saturated heterocycles. The van der Waals surface area contributed by atoms with Crippen LogP contribution in [0, 0.1) is 12.8 Å². The quantitative estimate of drug-likeness (QED) is 0.884. The normalized spacial score (nSPS) is 27.5. The molecule has 92 valence electrons. The summed E-state index contributed by atoms with van der Waals surface area (Å²) in [7, 11) is 0. The van der Waals surface area contributed by atoms with Gasteiger partial charge in [0.2, 0.25) is 0 Å². The smallest absolute Gasteiger partial charge is 0.320 e. The van der Waals surface area contributed by atoms with Crippen molar-refractivity contribution in [2.24, 2.45) is 5.92 Å². The minimum atomic E-state index is -0.657. The van der Waals surface area contributed by atoms with E-state index in [0.717, 1.165) is 29.7 Å². The Bertz CT molecular complexity index is 422. The van der Waals surface area contributed by atoms with Crippen LogP contribution in [-0.2, 0) is 4.79 Å². The minimum Gasteiger partial charge on any atom is -0.480 e. The van der Waals surface area contributed by atoms with Crippen molar-refractivity contribution in [3.8, 4) is 0 Å². The highest BCUT2D eigenvalue weighted by Crippen LogP contribution is 2.52. The van der Waals surface area contributed by atoms with Crippen molar-refractivity contribution in [2.75, 3.05) is 0 Å². The molecule has 0 spiro atoms. The van der Waals surface area contributed by atoms with Crippen LogP contribution in [-0.4, -0.2) is 15.8 Å². The van der Waals surface area contributed by atoms with E-state index in [1.807, 2.05) is 31.2 Å². The lowest BCUT2D eigenvalue weighted by atomic mass is 9.73. The third-order valence-corrected chi connectivity index (χ3v) is 5.18. The van der Waals surface area contributed by atoms with Crippen LogP contribution in [0.2, 0.25) is 0 Å². The van der Waals surface area contributed by atoms with E-state index in [1.54, 1.807) is 0 Å². The molecule has 0 bridgehead atoms. The average Bonchev–Trinajstić information content (AvgIpc) is 2.24. The number of aryl methyl sites for hydroxylation is 1. The van der Waals surface area contributed by atoms with Gasteiger partial charge >= 0.3 is 5.97 Å². The van der Waals surface area contributed by atoms with Crippen LogP contribution in [0.4, 0.5) is 0 Å². The first-order valence-electron chi connectivity index (χ1n) is 6.05. The largest absolute Gasteiger partial charge is 0.480 e. The molecule has 1 fully saturated rings. The fourth-order valence-corrected chi connectivity index (χ4v) is 3.87. The van der Waals surface area contributed by atoms with Gasteiger partial charge in [0.05, 0.1) is 0 Å². The molecular weight excluding hydrogens is 232 g/mol. The maximum Gasteiger partial charge on any atom is 0.320 e. The Kier molecular flexibility index (Phi) is 3.48. The predicted octanol–water partition coefficient (Wildman–Crippen LogP) is 3.73. The summed E-state index contributed by atoms with van der Waals surface area (Å²) in [6.45, 7) is 4.17. The first-order chi connectivity index (χ1) is 8.07. The van der Waals surface area contributed by atoms with Crippen LogP contribution in [0.1, 0.15) is 31.7 Å². The highest BCUT2D eigenvalue weighted by Gasteiger charge is 2.50. The van der Waals surface area contributed by atoms with Gasteiger partial charge in [0.25, 0.3) is 0 Å². The Labute approximate surface area is 106 Å². The lowest BCUT2D eigenvalue weighted by Crippen LogP contribution is -2.47. The zero-order chi connectivity index (χ0) is 12.5. The molecule has 0 atom stereocenters. The maximum absolute atomic E-state index is 11.5. The van der Waals surface area contributed by atoms with Crippen LogP contribution < -0.4 is 0 Å². The Hall–Kier alpha value is -0.960. The van der Waals surface area contributed by atoms with Crippen LogP contribution in [0.3, 0.4) is 0 Å². The van der Waals surface area contributed by atoms with Crippen molar-refractivity contribution in [1.82, 2.24) is 0 Å². The summed E-state index contributed by atoms with van der Waals surface area (Å²) in [6, 6.07) is 8.02. The summed E-state index contributed by atoms with van der Waals surface area (Å²) in [5.74, 6) is -0.0712. The first-order valence-corrected chi connectivity index (χ1v) is 6.87. The van der Waals surface area contributed by atoms with Gasteiger partial charge in [0.1, 0.15) is 4.75 Å². The van der Waals surface area contributed by atoms with Crippen molar-refractivity contribution in [3.63, 3.8) is 0 Å². The fourth-order valence-electron chi connectivity index (χ4n) is 2.34. The molecule has 0 unspecified atom stereocenters. The van der Waals surface area contributed by atoms with Gasteiger partial charge in [-0.05, 0) is 37.3 Å². The van der Waals surface area contributed by atoms with E-state index < -0.39 is 10.7 Å². The Morgan fingerprint density at radius 3 is 2.65 bits per heavy atom. The number of carboxylic acids is 1. The van der Waals surface area contributed by atoms with Gasteiger partial charge in [-0.25, -0.2) is 0 Å². The second-order valence-corrected chi connectivity index (χ2v) is 6.27. The Morgan fingerprint density at radius 1 is 1.47 bits per heavy atom. The zero-order valence-corrected chi connectivity index (χ0v) is 11.1. The molecular formula is C14H18O2S. The number of benzene rings is 1. The molecule has 1 saturated carbocycles. The summed E-state index contributed by atoms with van der Waals surface area (Å²) in [5.41, 5.74) is 1.16. The van der Waals surface area contributed by atoms with Gasteiger partial charge in [-0.2, -0.15) is 0 Å². The standard InChI is InChI=1S/C14H18O2S/c1-3-11-8-14(9-11,13(15)16)17-12-7-5-4-6-10(12)2/h4-7,11H,3,8-9H2,1-2H3,(H,15,16). The number of aliphatic carboxylic acids is 1. The van der Waals surface area contributed by atoms with Crippen molar-refractivity contribution in [1.29, 1.82) is 0 Å². The fraction of sp³-hybridized carbons (Fsp3) is 0.500. The second-order valence-electron chi connectivity index (χ2n) is 4.85. The number of carboxylic acid groups (broad SMARTS) is 1. The number of hydrogen-bond donors (Lipinski definition) is 1. The molecule has 2 nitrogen and oxygen atoms in total. The molecule has 17 heavy (non-hydrogen) atoms. The van der Waals surface area contributed by atoms with E-state index in [0.29, 0.717) is 5.92 Å². The van der Waals surface area contributed by atoms with Crippen LogP contribution in [0.15, 0.2) is 29.2 Å². The number of carbonyl (C=O) groups is 1. The molecule has 0 aromatic heterocycles. The lowest BCUT2D eigenvalue weighted by molar-refractivity contribution is -0.143. The minimum absolute atomic E-state index is 0.577. The van der Waals surface area contributed by atoms with E-state index in [1.165, 1.54) is 11.8 Å². The average molecular weight is 250 g/mol. The van der Waals surface area contributed by atoms with Crippen LogP contribution >= 0.6 is 11.8 Å². The van der Waals surface area contributed by atoms with E-state index in [4.69, 9.17) is 0 Å². The number of thioether (sulfide) groups is 1. The van der Waals surface area contributed by atoms with Gasteiger partial charge in [0.15, 0.2) is 0 Å². The van der Waals surface area contributed by atoms with E-state index in [2.05, 4.69) is 6.92 Å². The van der Waals surface area contributed by atoms with Gasteiger partial charge in [-0.15, -0.1) is 11.8 Å². The summed E-state index contributed by atoms with van der Waals surface area (Å²) in [6.07, 6.45) is 2.69. The van der Waals surface area contributed by atoms with Crippen LogP contribution in [0.5, 0.6) is 0 Å². The van der Waals surface area contributed by atoms with Crippen molar-refractivity contribution in [3.05, 3.63) is 29.8 Å². The van der Waals surface area contributed by atoms with Gasteiger partial charge in [-0.3, -0.25) is 4.79 Å². The molecule has 1 aliphatic carbocycles. The molecule has 1 N–H and O–H groups in total. The molecule has 2 rings (SSSR count). The van der Waals surface area contributed by atoms with Crippen molar-refractivity contribution >= 4 is 17.7 Å². The molecule has 1 aromatic carbocycles. The molecule has 3 heteroatoms. The zero-order valence-electron chi connectivity index (χ0n) is 10.3. The second kappa shape index (κ2) is 4.73. The molecule has 0 heterocycles. The van der Waals surface area contributed by atoms with Gasteiger partial charge < -0.3 is 5.11 Å². The first kappa shape index (κ1) is 12.5. The summed E-state index contributed by atoms with van der Waals surface area (Å²) in [4.78, 5) is 12.6. The molecule has 0 aliphatic heterocycles. The highest BCUT2D eigenvalue weighted by atomic mass is 32.2. The van der Waals surface area contributed by atoms with Gasteiger partial charge in [0, 0.05) is 4.90 Å². The topological polar surface area (TPSA) is 37.3 Å². The molecule has 0 amide bonds. The van der Waals surface area contributed by atoms with Crippen LogP contribution in [0.25, 0.3) is 0 Å². The third-order valence-electron chi connectivity index (χ3n) is 3.60. The summed E-state index contributed by atoms with van der Waals surface area (Å²) in [5, 5.41) is 9.43. The maximum atomic E-state index is 11.5. The lowest BCUT2D eigenvalue weighted by Gasteiger charge is -2.43. The Balaban J connectivity index is 2.16. The molecule has 1 aromatic rings. The SMILES string of the molecule is CCC1CC(Sc2ccccc2C)(C(=O)O)C1. The molecule has 0 radical (unpaired) electrons. The van der Waals surface area contributed by atoms with Crippen molar-refractivity contribution < 1.29 is 9.90 Å². The number of rotatable bonds is 4. The van der Waals surface area contributed by atoms with E-state index in [-0.39, 0.29) is 0 Å². The highest BCUT2D eigenvalue weighted by molar-refractivity contribution is 8.01. The summed E-state index contributed by atoms with van der Waals surface area (Å²) >= 11 is 1.53. The summed E-state index contributed by atoms with van der Waals surface area (Å²) < 4.78 is -0.577. The van der Waals surface area contributed by atoms with Gasteiger partial charge in [-0.1, -0.05) is 31.5 Å². The third kappa shape index (κ3) is 2.34. The predicted molar refractivity (Wildman–Crippen MR) is 70.4 cm³/mol. The molecule has 1 aliphatic rings. The monoisotopic (exact) mass is 250 g/mol. The number of hydrogen-bond acceptors (Lipinski definition) is 2. The Morgan fingerprint density at radius 2 is 2.12 bits per heavy atom. The van der Waals surface area contributed by atoms with Crippen molar-refractivity contribution in [2.45, 2.75) is 42.8 Å².